The third-order valence-corrected chi connectivity index (χ3v) is 3.54. The maximum Gasteiger partial charge on any atom is 0.163 e. The summed E-state index contributed by atoms with van der Waals surface area (Å²) in [5.74, 6) is 1.17. The summed E-state index contributed by atoms with van der Waals surface area (Å²) < 4.78 is 5.58. The van der Waals surface area contributed by atoms with Gasteiger partial charge in [0.05, 0.1) is 18.8 Å². The Balaban J connectivity index is 2.34. The molecule has 1 aliphatic heterocycles. The number of aromatic nitrogens is 2. The number of rotatable bonds is 3. The van der Waals surface area contributed by atoms with E-state index in [4.69, 9.17) is 4.74 Å². The highest BCUT2D eigenvalue weighted by Gasteiger charge is 2.24. The molecule has 19 heavy (non-hydrogen) atoms. The van der Waals surface area contributed by atoms with E-state index in [-0.39, 0.29) is 6.04 Å². The van der Waals surface area contributed by atoms with Crippen molar-refractivity contribution in [1.82, 2.24) is 20.2 Å². The average molecular weight is 264 g/mol. The quantitative estimate of drug-likeness (QED) is 0.898. The van der Waals surface area contributed by atoms with Crippen molar-refractivity contribution < 1.29 is 4.74 Å². The lowest BCUT2D eigenvalue weighted by Crippen LogP contribution is -2.30. The molecule has 1 fully saturated rings. The minimum atomic E-state index is 0.211. The number of methoxy groups -OCH3 is 1. The number of nitrogens with one attached hydrogen (secondary N) is 1. The van der Waals surface area contributed by atoms with E-state index in [0.717, 1.165) is 43.2 Å². The lowest BCUT2D eigenvalue weighted by Gasteiger charge is -2.23. The van der Waals surface area contributed by atoms with Crippen LogP contribution in [0.5, 0.6) is 5.75 Å². The SMILES string of the molecule is COc1c(C(C)C)ncnc1C1CN(C)CCCN1. The van der Waals surface area contributed by atoms with Crippen LogP contribution < -0.4 is 10.1 Å². The Morgan fingerprint density at radius 1 is 1.42 bits per heavy atom. The van der Waals surface area contributed by atoms with Crippen LogP contribution >= 0.6 is 0 Å². The Morgan fingerprint density at radius 2 is 2.21 bits per heavy atom. The summed E-state index contributed by atoms with van der Waals surface area (Å²) in [6.45, 7) is 7.33. The van der Waals surface area contributed by atoms with E-state index in [0.29, 0.717) is 5.92 Å². The zero-order chi connectivity index (χ0) is 13.8. The number of likely N-dealkylation sites (N-methyl/N-ethyl adjacent to an activating group) is 1. The van der Waals surface area contributed by atoms with Crippen molar-refractivity contribution in [2.75, 3.05) is 33.8 Å². The summed E-state index contributed by atoms with van der Waals surface area (Å²) in [5, 5.41) is 3.56. The molecule has 5 nitrogen and oxygen atoms in total. The van der Waals surface area contributed by atoms with Crippen molar-refractivity contribution >= 4 is 0 Å². The Labute approximate surface area is 115 Å². The van der Waals surface area contributed by atoms with Crippen LogP contribution in [0.15, 0.2) is 6.33 Å². The Hall–Kier alpha value is -1.20. The molecule has 1 unspecified atom stereocenters. The molecule has 2 heterocycles. The molecule has 1 aromatic heterocycles. The monoisotopic (exact) mass is 264 g/mol. The first-order chi connectivity index (χ1) is 9.13. The number of hydrogen-bond acceptors (Lipinski definition) is 5. The molecule has 1 aliphatic rings. The maximum atomic E-state index is 5.58. The zero-order valence-corrected chi connectivity index (χ0v) is 12.3. The molecule has 0 aliphatic carbocycles. The first kappa shape index (κ1) is 14.2. The second kappa shape index (κ2) is 6.30. The van der Waals surface area contributed by atoms with Gasteiger partial charge in [-0.3, -0.25) is 0 Å². The molecular weight excluding hydrogens is 240 g/mol. The molecule has 1 aromatic rings. The van der Waals surface area contributed by atoms with Crippen molar-refractivity contribution in [3.63, 3.8) is 0 Å². The molecule has 0 radical (unpaired) electrons. The lowest BCUT2D eigenvalue weighted by atomic mass is 10.1. The van der Waals surface area contributed by atoms with Crippen LogP contribution in [0, 0.1) is 0 Å². The van der Waals surface area contributed by atoms with Gasteiger partial charge in [-0.15, -0.1) is 0 Å². The standard InChI is InChI=1S/C14H24N4O/c1-10(2)12-14(19-4)13(17-9-16-12)11-8-18(3)7-5-6-15-11/h9-11,15H,5-8H2,1-4H3. The van der Waals surface area contributed by atoms with Gasteiger partial charge in [-0.05, 0) is 32.5 Å². The minimum Gasteiger partial charge on any atom is -0.493 e. The molecule has 0 aromatic carbocycles. The molecule has 1 N–H and O–H groups in total. The van der Waals surface area contributed by atoms with Crippen molar-refractivity contribution in [2.45, 2.75) is 32.2 Å². The van der Waals surface area contributed by atoms with E-state index in [1.807, 2.05) is 0 Å². The smallest absolute Gasteiger partial charge is 0.163 e. The fraction of sp³-hybridized carbons (Fsp3) is 0.714. The van der Waals surface area contributed by atoms with E-state index in [9.17, 15) is 0 Å². The molecule has 1 saturated heterocycles. The van der Waals surface area contributed by atoms with Crippen molar-refractivity contribution in [3.05, 3.63) is 17.7 Å². The summed E-state index contributed by atoms with van der Waals surface area (Å²) >= 11 is 0. The number of nitrogens with zero attached hydrogens (tertiary/aromatic N) is 3. The molecule has 0 bridgehead atoms. The normalized spacial score (nSPS) is 21.4. The van der Waals surface area contributed by atoms with Gasteiger partial charge in [0.1, 0.15) is 12.0 Å². The highest BCUT2D eigenvalue weighted by molar-refractivity contribution is 5.36. The van der Waals surface area contributed by atoms with Crippen LogP contribution in [-0.4, -0.2) is 48.7 Å². The van der Waals surface area contributed by atoms with E-state index in [2.05, 4.69) is 41.1 Å². The Kier molecular flexibility index (Phi) is 4.71. The first-order valence-corrected chi connectivity index (χ1v) is 6.94. The Bertz CT molecular complexity index is 422. The van der Waals surface area contributed by atoms with Gasteiger partial charge in [-0.25, -0.2) is 9.97 Å². The fourth-order valence-corrected chi connectivity index (χ4v) is 2.55. The van der Waals surface area contributed by atoms with Crippen LogP contribution in [0.25, 0.3) is 0 Å². The van der Waals surface area contributed by atoms with Crippen molar-refractivity contribution in [3.8, 4) is 5.75 Å². The van der Waals surface area contributed by atoms with Gasteiger partial charge in [0, 0.05) is 6.54 Å². The molecule has 5 heteroatoms. The van der Waals surface area contributed by atoms with E-state index >= 15 is 0 Å². The van der Waals surface area contributed by atoms with Gasteiger partial charge in [0.25, 0.3) is 0 Å². The molecular formula is C14H24N4O. The van der Waals surface area contributed by atoms with Crippen LogP contribution in [-0.2, 0) is 0 Å². The third kappa shape index (κ3) is 3.22. The summed E-state index contributed by atoms with van der Waals surface area (Å²) in [5.41, 5.74) is 1.97. The zero-order valence-electron chi connectivity index (χ0n) is 12.3. The number of ether oxygens (including phenoxy) is 1. The molecule has 0 spiro atoms. The molecule has 1 atom stereocenters. The van der Waals surface area contributed by atoms with Gasteiger partial charge < -0.3 is 15.0 Å². The molecule has 106 valence electrons. The van der Waals surface area contributed by atoms with E-state index in [1.165, 1.54) is 0 Å². The Morgan fingerprint density at radius 3 is 2.89 bits per heavy atom. The van der Waals surface area contributed by atoms with Crippen molar-refractivity contribution in [2.24, 2.45) is 0 Å². The molecule has 2 rings (SSSR count). The third-order valence-electron chi connectivity index (χ3n) is 3.54. The summed E-state index contributed by atoms with van der Waals surface area (Å²) in [6.07, 6.45) is 2.82. The fourth-order valence-electron chi connectivity index (χ4n) is 2.55. The maximum absolute atomic E-state index is 5.58. The van der Waals surface area contributed by atoms with Crippen LogP contribution in [0.1, 0.15) is 43.6 Å². The van der Waals surface area contributed by atoms with Crippen LogP contribution in [0.4, 0.5) is 0 Å². The minimum absolute atomic E-state index is 0.211. The average Bonchev–Trinajstić information content (AvgIpc) is 2.62. The second-order valence-electron chi connectivity index (χ2n) is 5.45. The highest BCUT2D eigenvalue weighted by atomic mass is 16.5. The second-order valence-corrected chi connectivity index (χ2v) is 5.45. The summed E-state index contributed by atoms with van der Waals surface area (Å²) in [7, 11) is 3.85. The van der Waals surface area contributed by atoms with Crippen LogP contribution in [0.3, 0.4) is 0 Å². The van der Waals surface area contributed by atoms with Gasteiger partial charge in [0.2, 0.25) is 0 Å². The van der Waals surface area contributed by atoms with Crippen LogP contribution in [0.2, 0.25) is 0 Å². The van der Waals surface area contributed by atoms with E-state index < -0.39 is 0 Å². The topological polar surface area (TPSA) is 50.3 Å². The number of hydrogen-bond donors (Lipinski definition) is 1. The first-order valence-electron chi connectivity index (χ1n) is 6.94. The van der Waals surface area contributed by atoms with Gasteiger partial charge >= 0.3 is 0 Å². The summed E-state index contributed by atoms with van der Waals surface area (Å²) in [4.78, 5) is 11.2. The van der Waals surface area contributed by atoms with Gasteiger partial charge in [-0.2, -0.15) is 0 Å². The highest BCUT2D eigenvalue weighted by Crippen LogP contribution is 2.30. The van der Waals surface area contributed by atoms with Gasteiger partial charge in [0.15, 0.2) is 5.75 Å². The van der Waals surface area contributed by atoms with Gasteiger partial charge in [-0.1, -0.05) is 13.8 Å². The predicted molar refractivity (Wildman–Crippen MR) is 75.5 cm³/mol. The summed E-state index contributed by atoms with van der Waals surface area (Å²) in [6, 6.07) is 0.211. The predicted octanol–water partition coefficient (Wildman–Crippen LogP) is 1.57. The van der Waals surface area contributed by atoms with Crippen molar-refractivity contribution in [1.29, 1.82) is 0 Å². The lowest BCUT2D eigenvalue weighted by molar-refractivity contribution is 0.315. The largest absolute Gasteiger partial charge is 0.493 e. The molecule has 0 amide bonds. The molecule has 0 saturated carbocycles. The van der Waals surface area contributed by atoms with E-state index in [1.54, 1.807) is 13.4 Å².